The van der Waals surface area contributed by atoms with Gasteiger partial charge in [-0.15, -0.1) is 5.10 Å². The van der Waals surface area contributed by atoms with Crippen molar-refractivity contribution in [2.75, 3.05) is 18.0 Å². The van der Waals surface area contributed by atoms with Crippen molar-refractivity contribution in [1.82, 2.24) is 5.43 Å². The average molecular weight is 446 g/mol. The van der Waals surface area contributed by atoms with Gasteiger partial charge in [-0.3, -0.25) is 5.43 Å². The third-order valence-electron chi connectivity index (χ3n) is 4.21. The molecule has 0 saturated heterocycles. The Kier molecular flexibility index (Phi) is 5.97. The van der Waals surface area contributed by atoms with Crippen LogP contribution in [-0.4, -0.2) is 31.4 Å². The summed E-state index contributed by atoms with van der Waals surface area (Å²) in [7, 11) is 0. The summed E-state index contributed by atoms with van der Waals surface area (Å²) in [6.45, 7) is -2.08. The first-order chi connectivity index (χ1) is 14.5. The maximum Gasteiger partial charge on any atom is 0.417 e. The molecule has 0 bridgehead atoms. The van der Waals surface area contributed by atoms with Crippen molar-refractivity contribution < 1.29 is 35.5 Å². The number of anilines is 1. The minimum Gasteiger partial charge on any atom is -0.449 e. The van der Waals surface area contributed by atoms with E-state index >= 15 is 0 Å². The normalized spacial score (nSPS) is 16.2. The molecule has 2 aromatic carbocycles. The SMILES string of the molecule is N#Cc1ccc(N(CC2NN=C(c3ccc(F)cc3)O2)CC(F)(F)F)cc1C(F)(F)F. The number of nitrogens with one attached hydrogen (secondary N) is 1. The van der Waals surface area contributed by atoms with Crippen LogP contribution in [0.25, 0.3) is 0 Å². The molecule has 0 fully saturated rings. The van der Waals surface area contributed by atoms with Gasteiger partial charge in [0.25, 0.3) is 0 Å². The van der Waals surface area contributed by atoms with Gasteiger partial charge >= 0.3 is 12.4 Å². The topological polar surface area (TPSA) is 60.7 Å². The van der Waals surface area contributed by atoms with Crippen LogP contribution < -0.4 is 10.3 Å². The molecule has 31 heavy (non-hydrogen) atoms. The van der Waals surface area contributed by atoms with Crippen molar-refractivity contribution in [3.8, 4) is 6.07 Å². The van der Waals surface area contributed by atoms with Crippen LogP contribution in [0.1, 0.15) is 16.7 Å². The number of hydrogen-bond donors (Lipinski definition) is 1. The minimum absolute atomic E-state index is 0.00670. The van der Waals surface area contributed by atoms with Crippen LogP contribution >= 0.6 is 0 Å². The zero-order valence-electron chi connectivity index (χ0n) is 15.4. The van der Waals surface area contributed by atoms with Gasteiger partial charge in [-0.05, 0) is 42.5 Å². The van der Waals surface area contributed by atoms with Crippen LogP contribution in [-0.2, 0) is 10.9 Å². The van der Waals surface area contributed by atoms with Crippen LogP contribution in [0.2, 0.25) is 0 Å². The molecule has 0 aliphatic carbocycles. The van der Waals surface area contributed by atoms with E-state index in [0.717, 1.165) is 24.3 Å². The summed E-state index contributed by atoms with van der Waals surface area (Å²) < 4.78 is 97.4. The van der Waals surface area contributed by atoms with E-state index in [-0.39, 0.29) is 5.90 Å². The smallest absolute Gasteiger partial charge is 0.417 e. The molecule has 1 unspecified atom stereocenters. The van der Waals surface area contributed by atoms with Gasteiger partial charge in [0.15, 0.2) is 0 Å². The Morgan fingerprint density at radius 2 is 1.74 bits per heavy atom. The molecule has 1 N–H and O–H groups in total. The second-order valence-electron chi connectivity index (χ2n) is 6.49. The van der Waals surface area contributed by atoms with E-state index < -0.39 is 54.3 Å². The Morgan fingerprint density at radius 1 is 1.06 bits per heavy atom. The molecule has 0 saturated carbocycles. The second kappa shape index (κ2) is 8.33. The Bertz CT molecular complexity index is 1010. The maximum atomic E-state index is 13.2. The van der Waals surface area contributed by atoms with E-state index in [1.807, 2.05) is 0 Å². The predicted octanol–water partition coefficient (Wildman–Crippen LogP) is 4.39. The molecule has 5 nitrogen and oxygen atoms in total. The highest BCUT2D eigenvalue weighted by atomic mass is 19.4. The van der Waals surface area contributed by atoms with Gasteiger partial charge in [0, 0.05) is 11.3 Å². The zero-order chi connectivity index (χ0) is 22.8. The van der Waals surface area contributed by atoms with E-state index in [4.69, 9.17) is 10.00 Å². The van der Waals surface area contributed by atoms with Gasteiger partial charge in [0.1, 0.15) is 12.4 Å². The fourth-order valence-corrected chi connectivity index (χ4v) is 2.86. The predicted molar refractivity (Wildman–Crippen MR) is 95.4 cm³/mol. The minimum atomic E-state index is -4.92. The lowest BCUT2D eigenvalue weighted by Gasteiger charge is -2.28. The standard InChI is InChI=1S/C19H13F7N4O/c20-13-4-1-11(2-5-13)17-29-28-16(31-17)9-30(10-18(21,22)23)14-6-3-12(8-27)15(7-14)19(24,25)26/h1-7,16,28H,9-10H2. The number of hydrazone groups is 1. The highest BCUT2D eigenvalue weighted by molar-refractivity contribution is 5.94. The Balaban J connectivity index is 1.83. The lowest BCUT2D eigenvalue weighted by atomic mass is 10.1. The van der Waals surface area contributed by atoms with Gasteiger partial charge in [-0.1, -0.05) is 0 Å². The molecule has 1 aliphatic rings. The molecule has 1 heterocycles. The van der Waals surface area contributed by atoms with E-state index in [2.05, 4.69) is 10.5 Å². The van der Waals surface area contributed by atoms with Gasteiger partial charge in [-0.2, -0.15) is 31.6 Å². The third kappa shape index (κ3) is 5.56. The van der Waals surface area contributed by atoms with Crippen molar-refractivity contribution in [2.45, 2.75) is 18.6 Å². The molecule has 0 aromatic heterocycles. The molecule has 164 valence electrons. The van der Waals surface area contributed by atoms with Crippen LogP contribution in [0, 0.1) is 17.1 Å². The van der Waals surface area contributed by atoms with Crippen LogP contribution in [0.5, 0.6) is 0 Å². The van der Waals surface area contributed by atoms with Gasteiger partial charge < -0.3 is 9.64 Å². The Hall–Kier alpha value is -3.49. The molecule has 2 aromatic rings. The molecule has 1 atom stereocenters. The average Bonchev–Trinajstić information content (AvgIpc) is 3.14. The second-order valence-corrected chi connectivity index (χ2v) is 6.49. The number of rotatable bonds is 5. The fourth-order valence-electron chi connectivity index (χ4n) is 2.86. The quantitative estimate of drug-likeness (QED) is 0.693. The number of ether oxygens (including phenoxy) is 1. The number of nitrogens with zero attached hydrogens (tertiary/aromatic N) is 3. The molecule has 0 spiro atoms. The number of alkyl halides is 6. The molecule has 0 amide bonds. The molecule has 1 aliphatic heterocycles. The fraction of sp³-hybridized carbons (Fsp3) is 0.263. The summed E-state index contributed by atoms with van der Waals surface area (Å²) in [6.07, 6.45) is -10.8. The van der Waals surface area contributed by atoms with E-state index in [0.29, 0.717) is 16.5 Å². The molecular formula is C19H13F7N4O. The summed E-state index contributed by atoms with van der Waals surface area (Å²) in [5, 5.41) is 12.7. The molecule has 3 rings (SSSR count). The monoisotopic (exact) mass is 446 g/mol. The van der Waals surface area contributed by atoms with E-state index in [1.165, 1.54) is 18.2 Å². The summed E-state index contributed by atoms with van der Waals surface area (Å²) in [4.78, 5) is 0.636. The van der Waals surface area contributed by atoms with Gasteiger partial charge in [-0.25, -0.2) is 4.39 Å². The van der Waals surface area contributed by atoms with E-state index in [1.54, 1.807) is 0 Å². The summed E-state index contributed by atoms with van der Waals surface area (Å²) in [5.41, 5.74) is 0.368. The van der Waals surface area contributed by atoms with Crippen LogP contribution in [0.4, 0.5) is 36.4 Å². The largest absolute Gasteiger partial charge is 0.449 e. The zero-order valence-corrected chi connectivity index (χ0v) is 15.4. The molecule has 12 heteroatoms. The highest BCUT2D eigenvalue weighted by Crippen LogP contribution is 2.35. The number of hydrogen-bond acceptors (Lipinski definition) is 5. The number of nitriles is 1. The lowest BCUT2D eigenvalue weighted by molar-refractivity contribution is -0.137. The maximum absolute atomic E-state index is 13.2. The van der Waals surface area contributed by atoms with Crippen molar-refractivity contribution >= 4 is 11.6 Å². The Labute approximate surface area is 171 Å². The van der Waals surface area contributed by atoms with Crippen molar-refractivity contribution in [3.05, 3.63) is 65.0 Å². The van der Waals surface area contributed by atoms with Crippen molar-refractivity contribution in [1.29, 1.82) is 5.26 Å². The third-order valence-corrected chi connectivity index (χ3v) is 4.21. The van der Waals surface area contributed by atoms with Crippen LogP contribution in [0.3, 0.4) is 0 Å². The summed E-state index contributed by atoms with van der Waals surface area (Å²) in [6, 6.07) is 8.64. The Morgan fingerprint density at radius 3 is 2.32 bits per heavy atom. The summed E-state index contributed by atoms with van der Waals surface area (Å²) in [5.74, 6) is -0.516. The van der Waals surface area contributed by atoms with Gasteiger partial charge in [0.2, 0.25) is 12.1 Å². The molecular weight excluding hydrogens is 433 g/mol. The first kappa shape index (κ1) is 22.2. The van der Waals surface area contributed by atoms with Crippen molar-refractivity contribution in [3.63, 3.8) is 0 Å². The highest BCUT2D eigenvalue weighted by Gasteiger charge is 2.37. The van der Waals surface area contributed by atoms with Crippen molar-refractivity contribution in [2.24, 2.45) is 5.10 Å². The first-order valence-corrected chi connectivity index (χ1v) is 8.65. The van der Waals surface area contributed by atoms with Gasteiger partial charge in [0.05, 0.1) is 23.7 Å². The number of benzene rings is 2. The van der Waals surface area contributed by atoms with Crippen LogP contribution in [0.15, 0.2) is 47.6 Å². The van der Waals surface area contributed by atoms with E-state index in [9.17, 15) is 30.7 Å². The summed E-state index contributed by atoms with van der Waals surface area (Å²) >= 11 is 0. The molecule has 0 radical (unpaired) electrons. The lowest BCUT2D eigenvalue weighted by Crippen LogP contribution is -2.43. The first-order valence-electron chi connectivity index (χ1n) is 8.65. The number of halogens is 7.